The number of benzene rings is 1. The molecule has 9 heteroatoms. The zero-order valence-electron chi connectivity index (χ0n) is 22.1. The summed E-state index contributed by atoms with van der Waals surface area (Å²) in [5.41, 5.74) is 3.29. The SMILES string of the molecule is CN(C)c1ccc(CN(CCCCNC(=O)OC(C)(C)C)C(=O)CCCCCCC(=O)NO)cc1. The zero-order valence-corrected chi connectivity index (χ0v) is 22.1. The van der Waals surface area contributed by atoms with Crippen molar-refractivity contribution in [2.24, 2.45) is 0 Å². The number of carbonyl (C=O) groups is 3. The van der Waals surface area contributed by atoms with Gasteiger partial charge in [0.05, 0.1) is 0 Å². The van der Waals surface area contributed by atoms with Gasteiger partial charge in [-0.05, 0) is 64.2 Å². The van der Waals surface area contributed by atoms with Gasteiger partial charge in [0.1, 0.15) is 5.60 Å². The van der Waals surface area contributed by atoms with E-state index in [9.17, 15) is 14.4 Å². The van der Waals surface area contributed by atoms with E-state index in [-0.39, 0.29) is 18.2 Å². The second-order valence-electron chi connectivity index (χ2n) is 9.96. The molecule has 35 heavy (non-hydrogen) atoms. The lowest BCUT2D eigenvalue weighted by Crippen LogP contribution is -2.34. The number of nitrogens with zero attached hydrogens (tertiary/aromatic N) is 2. The Kier molecular flexibility index (Phi) is 13.8. The summed E-state index contributed by atoms with van der Waals surface area (Å²) in [5.74, 6) is -0.274. The molecule has 0 radical (unpaired) electrons. The highest BCUT2D eigenvalue weighted by molar-refractivity contribution is 5.76. The van der Waals surface area contributed by atoms with E-state index < -0.39 is 11.7 Å². The van der Waals surface area contributed by atoms with Crippen molar-refractivity contribution in [3.05, 3.63) is 29.8 Å². The molecule has 0 saturated carbocycles. The van der Waals surface area contributed by atoms with E-state index in [2.05, 4.69) is 5.32 Å². The van der Waals surface area contributed by atoms with Crippen molar-refractivity contribution in [3.63, 3.8) is 0 Å². The van der Waals surface area contributed by atoms with Crippen molar-refractivity contribution in [3.8, 4) is 0 Å². The fourth-order valence-electron chi connectivity index (χ4n) is 3.47. The number of anilines is 1. The molecule has 0 aliphatic carbocycles. The average molecular weight is 493 g/mol. The lowest BCUT2D eigenvalue weighted by molar-refractivity contribution is -0.132. The molecule has 0 heterocycles. The predicted molar refractivity (Wildman–Crippen MR) is 137 cm³/mol. The van der Waals surface area contributed by atoms with Crippen molar-refractivity contribution >= 4 is 23.6 Å². The van der Waals surface area contributed by atoms with Gasteiger partial charge < -0.3 is 19.9 Å². The maximum absolute atomic E-state index is 13.0. The van der Waals surface area contributed by atoms with Gasteiger partial charge in [0, 0.05) is 52.3 Å². The molecule has 0 aliphatic rings. The smallest absolute Gasteiger partial charge is 0.407 e. The van der Waals surface area contributed by atoms with Gasteiger partial charge in [0.15, 0.2) is 0 Å². The molecule has 0 saturated heterocycles. The van der Waals surface area contributed by atoms with E-state index in [0.29, 0.717) is 32.5 Å². The summed E-state index contributed by atoms with van der Waals surface area (Å²) >= 11 is 0. The van der Waals surface area contributed by atoms with E-state index in [4.69, 9.17) is 9.94 Å². The van der Waals surface area contributed by atoms with E-state index in [1.807, 2.05) is 68.9 Å². The minimum atomic E-state index is -0.527. The third-order valence-electron chi connectivity index (χ3n) is 5.37. The Labute approximate surface area is 210 Å². The van der Waals surface area contributed by atoms with Crippen LogP contribution in [0.3, 0.4) is 0 Å². The molecule has 0 spiro atoms. The van der Waals surface area contributed by atoms with Gasteiger partial charge in [-0.1, -0.05) is 25.0 Å². The molecule has 0 atom stereocenters. The van der Waals surface area contributed by atoms with E-state index >= 15 is 0 Å². The summed E-state index contributed by atoms with van der Waals surface area (Å²) in [6.45, 7) is 7.13. The van der Waals surface area contributed by atoms with Crippen LogP contribution in [0.1, 0.15) is 77.7 Å². The molecule has 0 bridgehead atoms. The van der Waals surface area contributed by atoms with Crippen LogP contribution in [0, 0.1) is 0 Å². The van der Waals surface area contributed by atoms with Gasteiger partial charge in [-0.3, -0.25) is 14.8 Å². The molecule has 3 amide bonds. The van der Waals surface area contributed by atoms with Crippen molar-refractivity contribution in [1.82, 2.24) is 15.7 Å². The highest BCUT2D eigenvalue weighted by atomic mass is 16.6. The first kappa shape index (κ1) is 30.2. The lowest BCUT2D eigenvalue weighted by Gasteiger charge is -2.24. The topological polar surface area (TPSA) is 111 Å². The summed E-state index contributed by atoms with van der Waals surface area (Å²) < 4.78 is 5.25. The number of hydrogen-bond donors (Lipinski definition) is 3. The zero-order chi connectivity index (χ0) is 26.3. The molecule has 3 N–H and O–H groups in total. The van der Waals surface area contributed by atoms with E-state index in [1.165, 1.54) is 0 Å². The van der Waals surface area contributed by atoms with Gasteiger partial charge in [-0.15, -0.1) is 0 Å². The Balaban J connectivity index is 2.54. The minimum absolute atomic E-state index is 0.106. The van der Waals surface area contributed by atoms with E-state index in [0.717, 1.165) is 43.4 Å². The Morgan fingerprint density at radius 3 is 2.11 bits per heavy atom. The Hall–Kier alpha value is -2.81. The summed E-state index contributed by atoms with van der Waals surface area (Å²) in [6, 6.07) is 8.19. The number of alkyl carbamates (subject to hydrolysis) is 1. The maximum atomic E-state index is 13.0. The van der Waals surface area contributed by atoms with Crippen LogP contribution in [0.25, 0.3) is 0 Å². The highest BCUT2D eigenvalue weighted by Crippen LogP contribution is 2.16. The predicted octanol–water partition coefficient (Wildman–Crippen LogP) is 4.23. The largest absolute Gasteiger partial charge is 0.444 e. The lowest BCUT2D eigenvalue weighted by atomic mass is 10.1. The highest BCUT2D eigenvalue weighted by Gasteiger charge is 2.16. The molecule has 198 valence electrons. The van der Waals surface area contributed by atoms with Crippen molar-refractivity contribution in [2.45, 2.75) is 84.3 Å². The first-order valence-electron chi connectivity index (χ1n) is 12.5. The minimum Gasteiger partial charge on any atom is -0.444 e. The molecule has 1 aromatic rings. The van der Waals surface area contributed by atoms with Gasteiger partial charge in [-0.25, -0.2) is 10.3 Å². The molecular weight excluding hydrogens is 448 g/mol. The number of carbonyl (C=O) groups excluding carboxylic acids is 3. The monoisotopic (exact) mass is 492 g/mol. The number of hydrogen-bond acceptors (Lipinski definition) is 6. The van der Waals surface area contributed by atoms with Crippen LogP contribution in [0.5, 0.6) is 0 Å². The molecule has 9 nitrogen and oxygen atoms in total. The number of nitrogens with one attached hydrogen (secondary N) is 2. The molecule has 0 aliphatic heterocycles. The Morgan fingerprint density at radius 2 is 1.54 bits per heavy atom. The van der Waals surface area contributed by atoms with Gasteiger partial charge in [-0.2, -0.15) is 0 Å². The van der Waals surface area contributed by atoms with Crippen LogP contribution in [-0.2, 0) is 20.9 Å². The van der Waals surface area contributed by atoms with Gasteiger partial charge in [0.2, 0.25) is 11.8 Å². The second-order valence-corrected chi connectivity index (χ2v) is 9.96. The number of ether oxygens (including phenoxy) is 1. The normalized spacial score (nSPS) is 11.0. The second kappa shape index (κ2) is 16.0. The van der Waals surface area contributed by atoms with Crippen LogP contribution in [-0.4, -0.2) is 60.8 Å². The standard InChI is InChI=1S/C26H44N4O5/c1-26(2,3)35-25(33)27-18-10-11-19-30(20-21-14-16-22(17-15-21)29(4)5)24(32)13-9-7-6-8-12-23(31)28-34/h14-17,34H,6-13,18-20H2,1-5H3,(H,27,33)(H,28,31). The quantitative estimate of drug-likeness (QED) is 0.192. The van der Waals surface area contributed by atoms with Crippen LogP contribution >= 0.6 is 0 Å². The van der Waals surface area contributed by atoms with Crippen LogP contribution in [0.15, 0.2) is 24.3 Å². The molecule has 0 fully saturated rings. The summed E-state index contributed by atoms with van der Waals surface area (Å²) in [4.78, 5) is 39.7. The third kappa shape index (κ3) is 14.2. The first-order chi connectivity index (χ1) is 16.5. The summed E-state index contributed by atoms with van der Waals surface area (Å²) in [6.07, 6.45) is 4.97. The van der Waals surface area contributed by atoms with Gasteiger partial charge >= 0.3 is 6.09 Å². The van der Waals surface area contributed by atoms with Crippen molar-refractivity contribution in [2.75, 3.05) is 32.1 Å². The first-order valence-corrected chi connectivity index (χ1v) is 12.5. The summed E-state index contributed by atoms with van der Waals surface area (Å²) in [5, 5.41) is 11.3. The number of amides is 3. The maximum Gasteiger partial charge on any atom is 0.407 e. The molecular formula is C26H44N4O5. The van der Waals surface area contributed by atoms with E-state index in [1.54, 1.807) is 5.48 Å². The Bertz CT molecular complexity index is 775. The molecule has 1 rings (SSSR count). The fraction of sp³-hybridized carbons (Fsp3) is 0.654. The number of hydroxylamine groups is 1. The van der Waals surface area contributed by atoms with Crippen LogP contribution in [0.2, 0.25) is 0 Å². The van der Waals surface area contributed by atoms with Gasteiger partial charge in [0.25, 0.3) is 0 Å². The fourth-order valence-corrected chi connectivity index (χ4v) is 3.47. The number of unbranched alkanes of at least 4 members (excludes halogenated alkanes) is 4. The van der Waals surface area contributed by atoms with Crippen molar-refractivity contribution in [1.29, 1.82) is 0 Å². The van der Waals surface area contributed by atoms with Crippen LogP contribution < -0.4 is 15.7 Å². The Morgan fingerprint density at radius 1 is 0.914 bits per heavy atom. The summed E-state index contributed by atoms with van der Waals surface area (Å²) in [7, 11) is 3.98. The number of rotatable bonds is 15. The molecule has 0 unspecified atom stereocenters. The molecule has 1 aromatic carbocycles. The molecule has 0 aromatic heterocycles. The third-order valence-corrected chi connectivity index (χ3v) is 5.37. The average Bonchev–Trinajstić information content (AvgIpc) is 2.79. The van der Waals surface area contributed by atoms with Crippen LogP contribution in [0.4, 0.5) is 10.5 Å². The van der Waals surface area contributed by atoms with Crippen molar-refractivity contribution < 1.29 is 24.3 Å².